The fourth-order valence-electron chi connectivity index (χ4n) is 2.36. The van der Waals surface area contributed by atoms with E-state index in [1.54, 1.807) is 6.07 Å². The standard InChI is InChI=1S/C14H18F3N3O/c1-19-2-4-20(5-3-19)9-11-6-12(14(15,16)17)8-13(7-11)18-10-21/h6-8,10H,2-5,9H2,1H3,(H,18,21). The third-order valence-electron chi connectivity index (χ3n) is 3.55. The van der Waals surface area contributed by atoms with Gasteiger partial charge in [0.1, 0.15) is 0 Å². The molecule has 1 fully saturated rings. The van der Waals surface area contributed by atoms with Crippen LogP contribution in [0.25, 0.3) is 0 Å². The van der Waals surface area contributed by atoms with E-state index in [9.17, 15) is 18.0 Å². The summed E-state index contributed by atoms with van der Waals surface area (Å²) >= 11 is 0. The summed E-state index contributed by atoms with van der Waals surface area (Å²) in [5, 5.41) is 2.30. The predicted molar refractivity (Wildman–Crippen MR) is 73.9 cm³/mol. The number of halogens is 3. The second kappa shape index (κ2) is 6.44. The van der Waals surface area contributed by atoms with Gasteiger partial charge in [-0.15, -0.1) is 0 Å². The molecule has 0 atom stereocenters. The summed E-state index contributed by atoms with van der Waals surface area (Å²) in [6, 6.07) is 3.68. The predicted octanol–water partition coefficient (Wildman–Crippen LogP) is 2.02. The molecule has 1 saturated heterocycles. The van der Waals surface area contributed by atoms with Crippen LogP contribution in [0, 0.1) is 0 Å². The van der Waals surface area contributed by atoms with Crippen molar-refractivity contribution in [3.8, 4) is 0 Å². The third kappa shape index (κ3) is 4.44. The zero-order valence-electron chi connectivity index (χ0n) is 11.8. The number of anilines is 1. The lowest BCUT2D eigenvalue weighted by atomic mass is 10.1. The maximum absolute atomic E-state index is 12.9. The Morgan fingerprint density at radius 3 is 2.43 bits per heavy atom. The average molecular weight is 301 g/mol. The number of likely N-dealkylation sites (N-methyl/N-ethyl adjacent to an activating group) is 1. The van der Waals surface area contributed by atoms with Gasteiger partial charge in [0.2, 0.25) is 6.41 Å². The van der Waals surface area contributed by atoms with Gasteiger partial charge in [-0.25, -0.2) is 0 Å². The molecule has 1 aromatic carbocycles. The van der Waals surface area contributed by atoms with Crippen LogP contribution in [0.2, 0.25) is 0 Å². The highest BCUT2D eigenvalue weighted by Crippen LogP contribution is 2.32. The van der Waals surface area contributed by atoms with Crippen molar-refractivity contribution in [2.75, 3.05) is 38.5 Å². The highest BCUT2D eigenvalue weighted by atomic mass is 19.4. The fraction of sp³-hybridized carbons (Fsp3) is 0.500. The Morgan fingerprint density at radius 1 is 1.19 bits per heavy atom. The lowest BCUT2D eigenvalue weighted by Crippen LogP contribution is -2.43. The van der Waals surface area contributed by atoms with Crippen LogP contribution in [-0.4, -0.2) is 49.4 Å². The van der Waals surface area contributed by atoms with E-state index in [2.05, 4.69) is 15.1 Å². The Balaban J connectivity index is 2.17. The van der Waals surface area contributed by atoms with E-state index in [4.69, 9.17) is 0 Å². The first-order valence-electron chi connectivity index (χ1n) is 6.71. The van der Waals surface area contributed by atoms with Gasteiger partial charge in [-0.2, -0.15) is 13.2 Å². The summed E-state index contributed by atoms with van der Waals surface area (Å²) < 4.78 is 38.6. The molecule has 1 amide bonds. The largest absolute Gasteiger partial charge is 0.416 e. The SMILES string of the molecule is CN1CCN(Cc2cc(NC=O)cc(C(F)(F)F)c2)CC1. The first-order valence-corrected chi connectivity index (χ1v) is 6.71. The monoisotopic (exact) mass is 301 g/mol. The molecule has 0 spiro atoms. The van der Waals surface area contributed by atoms with Crippen LogP contribution in [0.3, 0.4) is 0 Å². The Hall–Kier alpha value is -1.60. The van der Waals surface area contributed by atoms with Crippen molar-refractivity contribution in [2.24, 2.45) is 0 Å². The van der Waals surface area contributed by atoms with Gasteiger partial charge in [-0.05, 0) is 30.8 Å². The maximum Gasteiger partial charge on any atom is 0.416 e. The lowest BCUT2D eigenvalue weighted by Gasteiger charge is -2.32. The molecular formula is C14H18F3N3O. The van der Waals surface area contributed by atoms with Gasteiger partial charge in [-0.1, -0.05) is 0 Å². The fourth-order valence-corrected chi connectivity index (χ4v) is 2.36. The Labute approximate surface area is 121 Å². The number of carbonyl (C=O) groups excluding carboxylic acids is 1. The normalized spacial score (nSPS) is 17.7. The van der Waals surface area contributed by atoms with Crippen molar-refractivity contribution >= 4 is 12.1 Å². The molecule has 0 radical (unpaired) electrons. The van der Waals surface area contributed by atoms with Gasteiger partial charge in [0.15, 0.2) is 0 Å². The molecular weight excluding hydrogens is 283 g/mol. The average Bonchev–Trinajstić information content (AvgIpc) is 2.41. The molecule has 116 valence electrons. The number of hydrogen-bond acceptors (Lipinski definition) is 3. The van der Waals surface area contributed by atoms with Crippen LogP contribution in [0.15, 0.2) is 18.2 Å². The van der Waals surface area contributed by atoms with Gasteiger partial charge in [0.05, 0.1) is 5.56 Å². The van der Waals surface area contributed by atoms with E-state index in [0.717, 1.165) is 38.3 Å². The quantitative estimate of drug-likeness (QED) is 0.864. The van der Waals surface area contributed by atoms with Gasteiger partial charge in [-0.3, -0.25) is 9.69 Å². The number of hydrogen-bond donors (Lipinski definition) is 1. The zero-order chi connectivity index (χ0) is 15.5. The van der Waals surface area contributed by atoms with E-state index < -0.39 is 11.7 Å². The molecule has 1 aromatic rings. The molecule has 0 aromatic heterocycles. The Kier molecular flexibility index (Phi) is 4.84. The zero-order valence-corrected chi connectivity index (χ0v) is 11.8. The second-order valence-corrected chi connectivity index (χ2v) is 5.26. The van der Waals surface area contributed by atoms with Crippen LogP contribution >= 0.6 is 0 Å². The van der Waals surface area contributed by atoms with Crippen LogP contribution in [0.4, 0.5) is 18.9 Å². The molecule has 21 heavy (non-hydrogen) atoms. The Bertz CT molecular complexity index is 497. The van der Waals surface area contributed by atoms with Gasteiger partial charge >= 0.3 is 6.18 Å². The highest BCUT2D eigenvalue weighted by Gasteiger charge is 2.31. The van der Waals surface area contributed by atoms with Crippen molar-refractivity contribution in [1.82, 2.24) is 9.80 Å². The summed E-state index contributed by atoms with van der Waals surface area (Å²) in [5.74, 6) is 0. The van der Waals surface area contributed by atoms with Crippen molar-refractivity contribution in [3.05, 3.63) is 29.3 Å². The number of piperazine rings is 1. The first kappa shape index (κ1) is 15.8. The van der Waals surface area contributed by atoms with E-state index >= 15 is 0 Å². The van der Waals surface area contributed by atoms with E-state index in [1.807, 2.05) is 7.05 Å². The van der Waals surface area contributed by atoms with Gasteiger partial charge in [0.25, 0.3) is 0 Å². The first-order chi connectivity index (χ1) is 9.88. The van der Waals surface area contributed by atoms with E-state index in [0.29, 0.717) is 18.5 Å². The van der Waals surface area contributed by atoms with Crippen LogP contribution < -0.4 is 5.32 Å². The summed E-state index contributed by atoms with van der Waals surface area (Å²) in [6.07, 6.45) is -4.04. The van der Waals surface area contributed by atoms with Crippen molar-refractivity contribution in [2.45, 2.75) is 12.7 Å². The molecule has 0 bridgehead atoms. The molecule has 1 aliphatic rings. The minimum absolute atomic E-state index is 0.170. The molecule has 1 aliphatic heterocycles. The van der Waals surface area contributed by atoms with Gasteiger partial charge < -0.3 is 10.2 Å². The third-order valence-corrected chi connectivity index (χ3v) is 3.55. The number of alkyl halides is 3. The van der Waals surface area contributed by atoms with E-state index in [1.165, 1.54) is 0 Å². The molecule has 7 heteroatoms. The topological polar surface area (TPSA) is 35.6 Å². The number of carbonyl (C=O) groups is 1. The molecule has 1 heterocycles. The summed E-state index contributed by atoms with van der Waals surface area (Å²) in [6.45, 7) is 3.90. The highest BCUT2D eigenvalue weighted by molar-refractivity contribution is 5.72. The summed E-state index contributed by atoms with van der Waals surface area (Å²) in [7, 11) is 2.02. The van der Waals surface area contributed by atoms with Gasteiger partial charge in [0, 0.05) is 38.4 Å². The molecule has 0 aliphatic carbocycles. The minimum Gasteiger partial charge on any atom is -0.329 e. The van der Waals surface area contributed by atoms with E-state index in [-0.39, 0.29) is 5.69 Å². The molecule has 2 rings (SSSR count). The lowest BCUT2D eigenvalue weighted by molar-refractivity contribution is -0.137. The van der Waals surface area contributed by atoms with Crippen molar-refractivity contribution in [1.29, 1.82) is 0 Å². The molecule has 0 unspecified atom stereocenters. The number of amides is 1. The molecule has 1 N–H and O–H groups in total. The second-order valence-electron chi connectivity index (χ2n) is 5.26. The number of nitrogens with one attached hydrogen (secondary N) is 1. The summed E-state index contributed by atoms with van der Waals surface area (Å²) in [4.78, 5) is 14.8. The van der Waals surface area contributed by atoms with Crippen molar-refractivity contribution < 1.29 is 18.0 Å². The number of benzene rings is 1. The summed E-state index contributed by atoms with van der Waals surface area (Å²) in [5.41, 5.74) is -0.0128. The Morgan fingerprint density at radius 2 is 1.86 bits per heavy atom. The van der Waals surface area contributed by atoms with Crippen LogP contribution in [0.1, 0.15) is 11.1 Å². The molecule has 0 saturated carbocycles. The van der Waals surface area contributed by atoms with Crippen LogP contribution in [-0.2, 0) is 17.5 Å². The molecule has 4 nitrogen and oxygen atoms in total. The number of rotatable bonds is 4. The smallest absolute Gasteiger partial charge is 0.329 e. The minimum atomic E-state index is -4.42. The van der Waals surface area contributed by atoms with Crippen molar-refractivity contribution in [3.63, 3.8) is 0 Å². The van der Waals surface area contributed by atoms with Crippen LogP contribution in [0.5, 0.6) is 0 Å². The maximum atomic E-state index is 12.9. The number of nitrogens with zero attached hydrogens (tertiary/aromatic N) is 2.